The Balaban J connectivity index is 2.64. The van der Waals surface area contributed by atoms with Gasteiger partial charge in [-0.1, -0.05) is 58.9 Å². The number of ether oxygens (including phenoxy) is 1. The van der Waals surface area contributed by atoms with Gasteiger partial charge in [-0.3, -0.25) is 0 Å². The fourth-order valence-corrected chi connectivity index (χ4v) is 2.05. The molecule has 2 heteroatoms. The Kier molecular flexibility index (Phi) is 7.11. The maximum atomic E-state index is 5.78. The fourth-order valence-electron chi connectivity index (χ4n) is 2.05. The zero-order valence-corrected chi connectivity index (χ0v) is 13.1. The van der Waals surface area contributed by atoms with Gasteiger partial charge in [0.05, 0.1) is 12.6 Å². The van der Waals surface area contributed by atoms with Crippen LogP contribution in [0.4, 0.5) is 0 Å². The lowest BCUT2D eigenvalue weighted by Gasteiger charge is -2.20. The normalized spacial score (nSPS) is 13.2. The summed E-state index contributed by atoms with van der Waals surface area (Å²) in [5, 5.41) is 3.50. The van der Waals surface area contributed by atoms with Gasteiger partial charge >= 0.3 is 0 Å². The highest BCUT2D eigenvalue weighted by atomic mass is 16.5. The van der Waals surface area contributed by atoms with Gasteiger partial charge in [-0.15, -0.1) is 0 Å². The highest BCUT2D eigenvalue weighted by Gasteiger charge is 2.11. The molecule has 0 aliphatic heterocycles. The molecule has 1 atom stereocenters. The first-order valence-electron chi connectivity index (χ1n) is 7.45. The Morgan fingerprint density at radius 1 is 0.947 bits per heavy atom. The lowest BCUT2D eigenvalue weighted by atomic mass is 9.99. The molecule has 0 aliphatic rings. The van der Waals surface area contributed by atoms with Gasteiger partial charge < -0.3 is 10.1 Å². The molecule has 0 fully saturated rings. The number of rotatable bonds is 8. The third-order valence-corrected chi connectivity index (χ3v) is 3.19. The quantitative estimate of drug-likeness (QED) is 0.761. The zero-order valence-electron chi connectivity index (χ0n) is 13.1. The predicted octanol–water partition coefficient (Wildman–Crippen LogP) is 4.13. The van der Waals surface area contributed by atoms with E-state index in [9.17, 15) is 0 Å². The van der Waals surface area contributed by atoms with E-state index in [0.717, 1.165) is 19.8 Å². The van der Waals surface area contributed by atoms with Crippen molar-refractivity contribution < 1.29 is 4.74 Å². The summed E-state index contributed by atoms with van der Waals surface area (Å²) < 4.78 is 5.78. The molecular formula is C17H29NO. The van der Waals surface area contributed by atoms with Crippen molar-refractivity contribution in [2.24, 2.45) is 5.92 Å². The average molecular weight is 263 g/mol. The van der Waals surface area contributed by atoms with Gasteiger partial charge in [-0.25, -0.2) is 0 Å². The minimum absolute atomic E-state index is 0.296. The van der Waals surface area contributed by atoms with Crippen molar-refractivity contribution >= 4 is 0 Å². The molecule has 1 unspecified atom stereocenters. The minimum atomic E-state index is 0.296. The molecule has 1 aromatic carbocycles. The van der Waals surface area contributed by atoms with Crippen LogP contribution in [0.1, 0.15) is 57.7 Å². The molecule has 0 saturated carbocycles. The van der Waals surface area contributed by atoms with Crippen LogP contribution in [-0.2, 0) is 4.74 Å². The van der Waals surface area contributed by atoms with Crippen molar-refractivity contribution in [3.63, 3.8) is 0 Å². The number of hydrogen-bond donors (Lipinski definition) is 1. The highest BCUT2D eigenvalue weighted by Crippen LogP contribution is 2.19. The van der Waals surface area contributed by atoms with Crippen molar-refractivity contribution in [3.05, 3.63) is 35.4 Å². The van der Waals surface area contributed by atoms with Crippen molar-refractivity contribution in [3.8, 4) is 0 Å². The molecule has 0 aliphatic carbocycles. The van der Waals surface area contributed by atoms with Crippen LogP contribution in [0.2, 0.25) is 0 Å². The van der Waals surface area contributed by atoms with E-state index < -0.39 is 0 Å². The molecule has 2 nitrogen and oxygen atoms in total. The fraction of sp³-hybridized carbons (Fsp3) is 0.647. The molecule has 0 saturated heterocycles. The standard InChI is InChI=1S/C17H29NO/c1-6-18-17(12-19-11-13(2)3)16-9-7-15(8-10-16)14(4)5/h7-10,13-14,17-18H,6,11-12H2,1-5H3. The molecule has 0 spiro atoms. The molecule has 0 radical (unpaired) electrons. The van der Waals surface area contributed by atoms with Crippen LogP contribution < -0.4 is 5.32 Å². The summed E-state index contributed by atoms with van der Waals surface area (Å²) in [4.78, 5) is 0. The molecule has 108 valence electrons. The summed E-state index contributed by atoms with van der Waals surface area (Å²) in [5.74, 6) is 1.18. The molecule has 0 heterocycles. The van der Waals surface area contributed by atoms with Crippen molar-refractivity contribution in [2.75, 3.05) is 19.8 Å². The number of likely N-dealkylation sites (N-methyl/N-ethyl adjacent to an activating group) is 1. The van der Waals surface area contributed by atoms with Crippen LogP contribution in [0, 0.1) is 5.92 Å². The third-order valence-electron chi connectivity index (χ3n) is 3.19. The number of benzene rings is 1. The molecular weight excluding hydrogens is 234 g/mol. The Morgan fingerprint density at radius 3 is 2.00 bits per heavy atom. The van der Waals surface area contributed by atoms with Crippen LogP contribution in [0.15, 0.2) is 24.3 Å². The maximum Gasteiger partial charge on any atom is 0.0661 e. The van der Waals surface area contributed by atoms with E-state index in [1.54, 1.807) is 0 Å². The first kappa shape index (κ1) is 16.2. The number of hydrogen-bond acceptors (Lipinski definition) is 2. The van der Waals surface area contributed by atoms with E-state index in [2.05, 4.69) is 64.2 Å². The van der Waals surface area contributed by atoms with Crippen molar-refractivity contribution in [2.45, 2.75) is 46.6 Å². The SMILES string of the molecule is CCNC(COCC(C)C)c1ccc(C(C)C)cc1. The largest absolute Gasteiger partial charge is 0.379 e. The van der Waals surface area contributed by atoms with E-state index >= 15 is 0 Å². The minimum Gasteiger partial charge on any atom is -0.379 e. The second-order valence-corrected chi connectivity index (χ2v) is 5.86. The molecule has 0 amide bonds. The smallest absolute Gasteiger partial charge is 0.0661 e. The van der Waals surface area contributed by atoms with Crippen LogP contribution in [0.25, 0.3) is 0 Å². The van der Waals surface area contributed by atoms with Crippen molar-refractivity contribution in [1.82, 2.24) is 5.32 Å². The first-order chi connectivity index (χ1) is 9.04. The van der Waals surface area contributed by atoms with Crippen LogP contribution in [0.5, 0.6) is 0 Å². The summed E-state index contributed by atoms with van der Waals surface area (Å²) in [7, 11) is 0. The maximum absolute atomic E-state index is 5.78. The average Bonchev–Trinajstić information content (AvgIpc) is 2.37. The van der Waals surface area contributed by atoms with E-state index in [-0.39, 0.29) is 0 Å². The summed E-state index contributed by atoms with van der Waals surface area (Å²) in [5.41, 5.74) is 2.71. The Hall–Kier alpha value is -0.860. The number of nitrogens with one attached hydrogen (secondary N) is 1. The van der Waals surface area contributed by atoms with Gasteiger partial charge in [-0.2, -0.15) is 0 Å². The molecule has 1 rings (SSSR count). The van der Waals surface area contributed by atoms with E-state index in [4.69, 9.17) is 4.74 Å². The third kappa shape index (κ3) is 5.75. The summed E-state index contributed by atoms with van der Waals surface area (Å²) in [6, 6.07) is 9.20. The van der Waals surface area contributed by atoms with Gasteiger partial charge in [0.15, 0.2) is 0 Å². The molecule has 1 aromatic rings. The molecule has 0 aromatic heterocycles. The van der Waals surface area contributed by atoms with Crippen LogP contribution in [0.3, 0.4) is 0 Å². The van der Waals surface area contributed by atoms with E-state index in [1.165, 1.54) is 11.1 Å². The van der Waals surface area contributed by atoms with Gasteiger partial charge in [0.2, 0.25) is 0 Å². The summed E-state index contributed by atoms with van der Waals surface area (Å²) in [6.07, 6.45) is 0. The lowest BCUT2D eigenvalue weighted by molar-refractivity contribution is 0.0905. The Labute approximate surface area is 118 Å². The summed E-state index contributed by atoms with van der Waals surface area (Å²) >= 11 is 0. The monoisotopic (exact) mass is 263 g/mol. The zero-order chi connectivity index (χ0) is 14.3. The molecule has 1 N–H and O–H groups in total. The molecule has 0 bridgehead atoms. The van der Waals surface area contributed by atoms with Gasteiger partial charge in [0.1, 0.15) is 0 Å². The predicted molar refractivity (Wildman–Crippen MR) is 82.6 cm³/mol. The molecule has 19 heavy (non-hydrogen) atoms. The van der Waals surface area contributed by atoms with Crippen molar-refractivity contribution in [1.29, 1.82) is 0 Å². The Bertz CT molecular complexity index is 343. The summed E-state index contributed by atoms with van der Waals surface area (Å²) in [6.45, 7) is 13.5. The van der Waals surface area contributed by atoms with Crippen LogP contribution >= 0.6 is 0 Å². The van der Waals surface area contributed by atoms with Gasteiger partial charge in [0, 0.05) is 6.61 Å². The topological polar surface area (TPSA) is 21.3 Å². The highest BCUT2D eigenvalue weighted by molar-refractivity contribution is 5.27. The van der Waals surface area contributed by atoms with Crippen LogP contribution in [-0.4, -0.2) is 19.8 Å². The van der Waals surface area contributed by atoms with Gasteiger partial charge in [0.25, 0.3) is 0 Å². The van der Waals surface area contributed by atoms with Gasteiger partial charge in [-0.05, 0) is 29.5 Å². The Morgan fingerprint density at radius 2 is 1.53 bits per heavy atom. The second-order valence-electron chi connectivity index (χ2n) is 5.86. The van der Waals surface area contributed by atoms with E-state index in [1.807, 2.05) is 0 Å². The first-order valence-corrected chi connectivity index (χ1v) is 7.45. The lowest BCUT2D eigenvalue weighted by Crippen LogP contribution is -2.26. The second kappa shape index (κ2) is 8.34. The van der Waals surface area contributed by atoms with E-state index in [0.29, 0.717) is 17.9 Å².